The van der Waals surface area contributed by atoms with E-state index in [1.807, 2.05) is 0 Å². The molecule has 4 nitrogen and oxygen atoms in total. The number of benzene rings is 2. The molecule has 0 heterocycles. The molecule has 6 heteroatoms. The molecule has 0 radical (unpaired) electrons. The third-order valence-corrected chi connectivity index (χ3v) is 3.97. The third kappa shape index (κ3) is 6.16. The molecule has 2 aromatic carbocycles. The SMILES string of the molecule is CC(CC(C)OC(=O)c1ccc(CF)cc1)OC(=O)c1ccc(CF)cc1. The zero-order valence-electron chi connectivity index (χ0n) is 15.3. The van der Waals surface area contributed by atoms with Crippen LogP contribution in [-0.2, 0) is 22.8 Å². The first-order valence-corrected chi connectivity index (χ1v) is 8.64. The van der Waals surface area contributed by atoms with E-state index >= 15 is 0 Å². The Morgan fingerprint density at radius 2 is 1.07 bits per heavy atom. The Labute approximate surface area is 157 Å². The second-order valence-corrected chi connectivity index (χ2v) is 6.33. The highest BCUT2D eigenvalue weighted by Crippen LogP contribution is 2.14. The van der Waals surface area contributed by atoms with E-state index in [9.17, 15) is 18.4 Å². The summed E-state index contributed by atoms with van der Waals surface area (Å²) in [4.78, 5) is 24.2. The van der Waals surface area contributed by atoms with E-state index in [0.29, 0.717) is 28.7 Å². The molecule has 2 atom stereocenters. The summed E-state index contributed by atoms with van der Waals surface area (Å²) in [6, 6.07) is 12.1. The predicted molar refractivity (Wildman–Crippen MR) is 96.9 cm³/mol. The average Bonchev–Trinajstić information content (AvgIpc) is 2.67. The summed E-state index contributed by atoms with van der Waals surface area (Å²) in [5.74, 6) is -1.04. The lowest BCUT2D eigenvalue weighted by Crippen LogP contribution is -2.23. The number of carbonyl (C=O) groups excluding carboxylic acids is 2. The number of hydrogen-bond acceptors (Lipinski definition) is 4. The summed E-state index contributed by atoms with van der Waals surface area (Å²) in [7, 11) is 0. The topological polar surface area (TPSA) is 52.6 Å². The first kappa shape index (κ1) is 20.6. The lowest BCUT2D eigenvalue weighted by atomic mass is 10.1. The molecule has 0 saturated heterocycles. The van der Waals surface area contributed by atoms with Crippen LogP contribution in [0.5, 0.6) is 0 Å². The van der Waals surface area contributed by atoms with Gasteiger partial charge in [0.2, 0.25) is 0 Å². The highest BCUT2D eigenvalue weighted by Gasteiger charge is 2.18. The lowest BCUT2D eigenvalue weighted by molar-refractivity contribution is 0.00763. The van der Waals surface area contributed by atoms with Crippen LogP contribution >= 0.6 is 0 Å². The molecule has 0 fully saturated rings. The van der Waals surface area contributed by atoms with Crippen molar-refractivity contribution in [1.29, 1.82) is 0 Å². The molecule has 0 aromatic heterocycles. The Bertz CT molecular complexity index is 691. The van der Waals surface area contributed by atoms with Gasteiger partial charge in [-0.1, -0.05) is 24.3 Å². The Balaban J connectivity index is 1.83. The maximum atomic E-state index is 12.5. The Morgan fingerprint density at radius 3 is 1.37 bits per heavy atom. The Morgan fingerprint density at radius 1 is 0.741 bits per heavy atom. The second-order valence-electron chi connectivity index (χ2n) is 6.33. The number of alkyl halides is 2. The lowest BCUT2D eigenvalue weighted by Gasteiger charge is -2.18. The van der Waals surface area contributed by atoms with Crippen molar-refractivity contribution in [3.63, 3.8) is 0 Å². The van der Waals surface area contributed by atoms with Crippen molar-refractivity contribution in [3.8, 4) is 0 Å². The predicted octanol–water partition coefficient (Wildman–Crippen LogP) is 4.81. The summed E-state index contributed by atoms with van der Waals surface area (Å²) in [5, 5.41) is 0. The van der Waals surface area contributed by atoms with Crippen molar-refractivity contribution in [1.82, 2.24) is 0 Å². The number of carbonyl (C=O) groups is 2. The number of halogens is 2. The minimum absolute atomic E-state index is 0.322. The van der Waals surface area contributed by atoms with E-state index in [4.69, 9.17) is 9.47 Å². The molecule has 0 spiro atoms. The molecule has 0 N–H and O–H groups in total. The molecule has 0 aliphatic carbocycles. The smallest absolute Gasteiger partial charge is 0.338 e. The summed E-state index contributed by atoms with van der Waals surface area (Å²) >= 11 is 0. The van der Waals surface area contributed by atoms with Gasteiger partial charge in [-0.25, -0.2) is 18.4 Å². The third-order valence-electron chi connectivity index (χ3n) is 3.97. The summed E-state index contributed by atoms with van der Waals surface area (Å²) in [5.41, 5.74) is 1.63. The Hall–Kier alpha value is -2.76. The summed E-state index contributed by atoms with van der Waals surface area (Å²) < 4.78 is 35.7. The minimum Gasteiger partial charge on any atom is -0.459 e. The van der Waals surface area contributed by atoms with Gasteiger partial charge >= 0.3 is 11.9 Å². The van der Waals surface area contributed by atoms with Gasteiger partial charge in [0.1, 0.15) is 25.6 Å². The first-order valence-electron chi connectivity index (χ1n) is 8.64. The van der Waals surface area contributed by atoms with Gasteiger partial charge in [0.25, 0.3) is 0 Å². The van der Waals surface area contributed by atoms with Crippen LogP contribution in [0.1, 0.15) is 52.1 Å². The fraction of sp³-hybridized carbons (Fsp3) is 0.333. The second kappa shape index (κ2) is 9.80. The molecular formula is C21H22F2O4. The quantitative estimate of drug-likeness (QED) is 0.621. The highest BCUT2D eigenvalue weighted by molar-refractivity contribution is 5.90. The van der Waals surface area contributed by atoms with Crippen LogP contribution in [0.15, 0.2) is 48.5 Å². The van der Waals surface area contributed by atoms with Crippen LogP contribution in [0, 0.1) is 0 Å². The number of ether oxygens (including phenoxy) is 2. The number of esters is 2. The van der Waals surface area contributed by atoms with Crippen LogP contribution in [-0.4, -0.2) is 24.1 Å². The van der Waals surface area contributed by atoms with Gasteiger partial charge in [-0.05, 0) is 49.2 Å². The zero-order valence-corrected chi connectivity index (χ0v) is 15.3. The van der Waals surface area contributed by atoms with Crippen LogP contribution in [0.4, 0.5) is 8.78 Å². The molecule has 27 heavy (non-hydrogen) atoms. The Kier molecular flexibility index (Phi) is 7.46. The maximum Gasteiger partial charge on any atom is 0.338 e. The van der Waals surface area contributed by atoms with Gasteiger partial charge in [-0.15, -0.1) is 0 Å². The van der Waals surface area contributed by atoms with Crippen LogP contribution in [0.2, 0.25) is 0 Å². The standard InChI is InChI=1S/C21H22F2O4/c1-14(26-20(24)18-7-3-16(12-22)4-8-18)11-15(2)27-21(25)19-9-5-17(13-23)6-10-19/h3-10,14-15H,11-13H2,1-2H3. The molecule has 0 aliphatic heterocycles. The fourth-order valence-electron chi connectivity index (χ4n) is 2.53. The zero-order chi connectivity index (χ0) is 19.8. The van der Waals surface area contributed by atoms with E-state index in [1.165, 1.54) is 48.5 Å². The molecule has 2 aromatic rings. The van der Waals surface area contributed by atoms with Crippen molar-refractivity contribution in [2.75, 3.05) is 0 Å². The van der Waals surface area contributed by atoms with E-state index < -0.39 is 37.5 Å². The largest absolute Gasteiger partial charge is 0.459 e. The molecular weight excluding hydrogens is 354 g/mol. The van der Waals surface area contributed by atoms with Crippen LogP contribution in [0.25, 0.3) is 0 Å². The van der Waals surface area contributed by atoms with Gasteiger partial charge in [-0.3, -0.25) is 0 Å². The normalized spacial score (nSPS) is 12.9. The van der Waals surface area contributed by atoms with E-state index in [1.54, 1.807) is 13.8 Å². The van der Waals surface area contributed by atoms with E-state index in [2.05, 4.69) is 0 Å². The van der Waals surface area contributed by atoms with Gasteiger partial charge in [0.05, 0.1) is 11.1 Å². The number of rotatable bonds is 8. The summed E-state index contributed by atoms with van der Waals surface area (Å²) in [6.45, 7) is 2.22. The van der Waals surface area contributed by atoms with Crippen molar-refractivity contribution in [3.05, 3.63) is 70.8 Å². The van der Waals surface area contributed by atoms with Gasteiger partial charge in [0, 0.05) is 6.42 Å². The fourth-order valence-corrected chi connectivity index (χ4v) is 2.53. The van der Waals surface area contributed by atoms with Crippen molar-refractivity contribution < 1.29 is 27.8 Å². The van der Waals surface area contributed by atoms with Crippen molar-refractivity contribution in [2.24, 2.45) is 0 Å². The van der Waals surface area contributed by atoms with E-state index in [0.717, 1.165) is 0 Å². The first-order chi connectivity index (χ1) is 12.9. The molecule has 144 valence electrons. The minimum atomic E-state index is -0.592. The van der Waals surface area contributed by atoms with E-state index in [-0.39, 0.29) is 0 Å². The molecule has 0 saturated carbocycles. The number of hydrogen-bond donors (Lipinski definition) is 0. The maximum absolute atomic E-state index is 12.5. The monoisotopic (exact) mass is 376 g/mol. The van der Waals surface area contributed by atoms with Gasteiger partial charge in [-0.2, -0.15) is 0 Å². The highest BCUT2D eigenvalue weighted by atomic mass is 19.1. The van der Waals surface area contributed by atoms with Crippen LogP contribution in [0.3, 0.4) is 0 Å². The van der Waals surface area contributed by atoms with Gasteiger partial charge < -0.3 is 9.47 Å². The van der Waals surface area contributed by atoms with Crippen molar-refractivity contribution >= 4 is 11.9 Å². The van der Waals surface area contributed by atoms with Crippen molar-refractivity contribution in [2.45, 2.75) is 45.8 Å². The molecule has 0 amide bonds. The molecule has 0 aliphatic rings. The molecule has 0 bridgehead atoms. The van der Waals surface area contributed by atoms with Gasteiger partial charge in [0.15, 0.2) is 0 Å². The summed E-state index contributed by atoms with van der Waals surface area (Å²) in [6.07, 6.45) is -0.632. The molecule has 2 unspecified atom stereocenters. The van der Waals surface area contributed by atoms with Crippen LogP contribution < -0.4 is 0 Å². The molecule has 2 rings (SSSR count). The average molecular weight is 376 g/mol.